The molecule has 0 saturated heterocycles. The Morgan fingerprint density at radius 1 is 0.917 bits per heavy atom. The summed E-state index contributed by atoms with van der Waals surface area (Å²) in [4.78, 5) is 0. The average Bonchev–Trinajstić information content (AvgIpc) is 2.92. The Kier molecular flexibility index (Phi) is 5.09. The lowest BCUT2D eigenvalue weighted by molar-refractivity contribution is 0.511. The van der Waals surface area contributed by atoms with Crippen molar-refractivity contribution in [3.05, 3.63) is 47.6 Å². The third-order valence-corrected chi connectivity index (χ3v) is 9.35. The van der Waals surface area contributed by atoms with Crippen LogP contribution in [0.15, 0.2) is 36.4 Å². The minimum Gasteiger partial charge on any atom is -0.544 e. The summed E-state index contributed by atoms with van der Waals surface area (Å²) in [5, 5.41) is 1.48. The highest BCUT2D eigenvalue weighted by molar-refractivity contribution is 6.92. The predicted molar refractivity (Wildman–Crippen MR) is 113 cm³/mol. The standard InChI is InChI=1S/C21H34OSi2/c1-16-14-18(21(2,3)4)20(22-23(5,6)7)19(15-16)24(8,9)17-12-10-11-13-17/h10-15,17H,1-9H3. The first-order chi connectivity index (χ1) is 10.8. The minimum atomic E-state index is -1.71. The van der Waals surface area contributed by atoms with E-state index in [1.54, 1.807) is 0 Å². The van der Waals surface area contributed by atoms with Gasteiger partial charge in [0.05, 0.1) is 8.07 Å². The van der Waals surface area contributed by atoms with E-state index >= 15 is 0 Å². The Hall–Kier alpha value is -1.07. The zero-order valence-electron chi connectivity index (χ0n) is 16.9. The Morgan fingerprint density at radius 2 is 1.46 bits per heavy atom. The second kappa shape index (κ2) is 6.34. The monoisotopic (exact) mass is 358 g/mol. The number of hydrogen-bond acceptors (Lipinski definition) is 1. The van der Waals surface area contributed by atoms with E-state index in [1.165, 1.54) is 22.1 Å². The number of aryl methyl sites for hydroxylation is 1. The van der Waals surface area contributed by atoms with Gasteiger partial charge in [-0.15, -0.1) is 0 Å². The van der Waals surface area contributed by atoms with E-state index in [-0.39, 0.29) is 5.41 Å². The predicted octanol–water partition coefficient (Wildman–Crippen LogP) is 5.92. The summed E-state index contributed by atoms with van der Waals surface area (Å²) < 4.78 is 6.72. The van der Waals surface area contributed by atoms with E-state index in [4.69, 9.17) is 4.43 Å². The maximum Gasteiger partial charge on any atom is 0.242 e. The van der Waals surface area contributed by atoms with Crippen LogP contribution in [0, 0.1) is 6.92 Å². The van der Waals surface area contributed by atoms with Crippen LogP contribution in [0.1, 0.15) is 31.9 Å². The van der Waals surface area contributed by atoms with Crippen molar-refractivity contribution < 1.29 is 4.43 Å². The fourth-order valence-corrected chi connectivity index (χ4v) is 7.17. The van der Waals surface area contributed by atoms with Gasteiger partial charge in [-0.2, -0.15) is 0 Å². The molecule has 0 N–H and O–H groups in total. The van der Waals surface area contributed by atoms with Crippen LogP contribution >= 0.6 is 0 Å². The van der Waals surface area contributed by atoms with E-state index in [9.17, 15) is 0 Å². The van der Waals surface area contributed by atoms with Crippen molar-refractivity contribution in [1.29, 1.82) is 0 Å². The van der Waals surface area contributed by atoms with E-state index in [1.807, 2.05) is 0 Å². The molecule has 1 nitrogen and oxygen atoms in total. The first-order valence-corrected chi connectivity index (χ1v) is 15.5. The van der Waals surface area contributed by atoms with Crippen LogP contribution in [0.5, 0.6) is 5.75 Å². The maximum atomic E-state index is 6.72. The summed E-state index contributed by atoms with van der Waals surface area (Å²) in [6.07, 6.45) is 9.12. The third kappa shape index (κ3) is 4.12. The Labute approximate surface area is 151 Å². The molecule has 0 unspecified atom stereocenters. The molecule has 1 aliphatic rings. The molecular formula is C21H34OSi2. The molecule has 0 aromatic heterocycles. The second-order valence-corrected chi connectivity index (χ2v) is 18.7. The number of benzene rings is 1. The first kappa shape index (κ1) is 19.3. The molecule has 0 radical (unpaired) electrons. The van der Waals surface area contributed by atoms with Crippen LogP contribution in [0.3, 0.4) is 0 Å². The first-order valence-electron chi connectivity index (χ1n) is 9.02. The number of rotatable bonds is 4. The SMILES string of the molecule is Cc1cc(C(C)(C)C)c(O[Si](C)(C)C)c([Si](C)(C)C2C=CC=C2)c1. The van der Waals surface area contributed by atoms with Crippen molar-refractivity contribution in [2.24, 2.45) is 0 Å². The topological polar surface area (TPSA) is 9.23 Å². The summed E-state index contributed by atoms with van der Waals surface area (Å²) in [7, 11) is -3.40. The van der Waals surface area contributed by atoms with Gasteiger partial charge in [-0.3, -0.25) is 0 Å². The summed E-state index contributed by atoms with van der Waals surface area (Å²) in [6, 6.07) is 4.74. The van der Waals surface area contributed by atoms with Gasteiger partial charge in [0.15, 0.2) is 0 Å². The molecular weight excluding hydrogens is 324 g/mol. The lowest BCUT2D eigenvalue weighted by Crippen LogP contribution is -2.48. The molecule has 2 rings (SSSR count). The zero-order chi connectivity index (χ0) is 18.3. The van der Waals surface area contributed by atoms with Crippen LogP contribution in [0.4, 0.5) is 0 Å². The fourth-order valence-electron chi connectivity index (χ4n) is 3.32. The van der Waals surface area contributed by atoms with E-state index in [0.717, 1.165) is 0 Å². The zero-order valence-corrected chi connectivity index (χ0v) is 18.9. The van der Waals surface area contributed by atoms with Crippen molar-refractivity contribution in [1.82, 2.24) is 0 Å². The van der Waals surface area contributed by atoms with Crippen LogP contribution in [-0.4, -0.2) is 16.4 Å². The Bertz CT molecular complexity index is 658. The quantitative estimate of drug-likeness (QED) is 0.607. The van der Waals surface area contributed by atoms with Crippen LogP contribution in [0.2, 0.25) is 38.3 Å². The molecule has 3 heteroatoms. The lowest BCUT2D eigenvalue weighted by Gasteiger charge is -2.36. The molecule has 1 aromatic carbocycles. The normalized spacial score (nSPS) is 16.0. The van der Waals surface area contributed by atoms with Crippen molar-refractivity contribution >= 4 is 21.6 Å². The molecule has 0 atom stereocenters. The van der Waals surface area contributed by atoms with Gasteiger partial charge < -0.3 is 4.43 Å². The van der Waals surface area contributed by atoms with Gasteiger partial charge in [-0.05, 0) is 48.3 Å². The third-order valence-electron chi connectivity index (χ3n) is 4.73. The largest absolute Gasteiger partial charge is 0.544 e. The lowest BCUT2D eigenvalue weighted by atomic mass is 9.85. The van der Waals surface area contributed by atoms with Crippen molar-refractivity contribution in [2.45, 2.75) is 71.4 Å². The molecule has 24 heavy (non-hydrogen) atoms. The Balaban J connectivity index is 2.71. The van der Waals surface area contributed by atoms with Gasteiger partial charge in [0.25, 0.3) is 0 Å². The number of hydrogen-bond donors (Lipinski definition) is 0. The van der Waals surface area contributed by atoms with Gasteiger partial charge in [0.2, 0.25) is 8.32 Å². The van der Waals surface area contributed by atoms with Gasteiger partial charge in [-0.1, -0.05) is 75.9 Å². The highest BCUT2D eigenvalue weighted by Crippen LogP contribution is 2.37. The van der Waals surface area contributed by atoms with Gasteiger partial charge in [0, 0.05) is 0 Å². The summed E-state index contributed by atoms with van der Waals surface area (Å²) in [6.45, 7) is 20.9. The average molecular weight is 359 g/mol. The Morgan fingerprint density at radius 3 is 1.92 bits per heavy atom. The van der Waals surface area contributed by atoms with Gasteiger partial charge >= 0.3 is 0 Å². The van der Waals surface area contributed by atoms with Gasteiger partial charge in [-0.25, -0.2) is 0 Å². The highest BCUT2D eigenvalue weighted by Gasteiger charge is 2.37. The van der Waals surface area contributed by atoms with Gasteiger partial charge in [0.1, 0.15) is 5.75 Å². The maximum absolute atomic E-state index is 6.72. The smallest absolute Gasteiger partial charge is 0.242 e. The summed E-state index contributed by atoms with van der Waals surface area (Å²) >= 11 is 0. The van der Waals surface area contributed by atoms with Crippen molar-refractivity contribution in [3.8, 4) is 5.75 Å². The van der Waals surface area contributed by atoms with E-state index in [0.29, 0.717) is 5.54 Å². The summed E-state index contributed by atoms with van der Waals surface area (Å²) in [5.41, 5.74) is 3.36. The molecule has 0 spiro atoms. The molecule has 0 saturated carbocycles. The molecule has 1 aliphatic carbocycles. The van der Waals surface area contributed by atoms with Crippen LogP contribution < -0.4 is 9.61 Å². The fraction of sp³-hybridized carbons (Fsp3) is 0.524. The van der Waals surface area contributed by atoms with E-state index < -0.39 is 16.4 Å². The molecule has 0 amide bonds. The number of allylic oxidation sites excluding steroid dienone is 4. The second-order valence-electron chi connectivity index (χ2n) is 9.67. The molecule has 0 heterocycles. The summed E-state index contributed by atoms with van der Waals surface area (Å²) in [5.74, 6) is 1.19. The molecule has 132 valence electrons. The highest BCUT2D eigenvalue weighted by atomic mass is 28.4. The van der Waals surface area contributed by atoms with E-state index in [2.05, 4.69) is 96.9 Å². The molecule has 0 aliphatic heterocycles. The molecule has 1 aromatic rings. The van der Waals surface area contributed by atoms with Crippen molar-refractivity contribution in [2.75, 3.05) is 0 Å². The molecule has 0 fully saturated rings. The van der Waals surface area contributed by atoms with Crippen molar-refractivity contribution in [3.63, 3.8) is 0 Å². The van der Waals surface area contributed by atoms with Crippen LogP contribution in [-0.2, 0) is 5.41 Å². The minimum absolute atomic E-state index is 0.0849. The van der Waals surface area contributed by atoms with Crippen LogP contribution in [0.25, 0.3) is 0 Å². The molecule has 0 bridgehead atoms.